The summed E-state index contributed by atoms with van der Waals surface area (Å²) in [7, 11) is 1.67. The van der Waals surface area contributed by atoms with Gasteiger partial charge in [0.25, 0.3) is 5.91 Å². The van der Waals surface area contributed by atoms with E-state index in [1.807, 2.05) is 0 Å². The summed E-state index contributed by atoms with van der Waals surface area (Å²) in [6, 6.07) is -0.816. The lowest BCUT2D eigenvalue weighted by molar-refractivity contribution is -0.150. The number of carbonyl (C=O) groups is 4. The molecule has 0 radical (unpaired) electrons. The molecule has 0 aromatic carbocycles. The van der Waals surface area contributed by atoms with Gasteiger partial charge in [-0.1, -0.05) is 11.8 Å². The number of nitrogens with one attached hydrogen (secondary N) is 1. The molecular formula is C15H18N6O6S2. The Morgan fingerprint density at radius 1 is 1.31 bits per heavy atom. The number of thioether (sulfide) groups is 2. The molecule has 1 aromatic heterocycles. The van der Waals surface area contributed by atoms with Crippen molar-refractivity contribution in [2.75, 3.05) is 11.5 Å². The van der Waals surface area contributed by atoms with E-state index in [4.69, 9.17) is 5.11 Å². The summed E-state index contributed by atoms with van der Waals surface area (Å²) in [5.74, 6) is -2.42. The van der Waals surface area contributed by atoms with E-state index < -0.39 is 35.2 Å². The van der Waals surface area contributed by atoms with Gasteiger partial charge in [0.1, 0.15) is 17.1 Å². The third kappa shape index (κ3) is 4.53. The van der Waals surface area contributed by atoms with Crippen LogP contribution in [-0.2, 0) is 26.2 Å². The largest absolute Gasteiger partial charge is 0.481 e. The molecule has 29 heavy (non-hydrogen) atoms. The van der Waals surface area contributed by atoms with Crippen molar-refractivity contribution in [2.45, 2.75) is 35.8 Å². The second kappa shape index (κ2) is 8.82. The lowest BCUT2D eigenvalue weighted by atomic mass is 10.0. The monoisotopic (exact) mass is 442 g/mol. The molecule has 14 heteroatoms. The van der Waals surface area contributed by atoms with Crippen molar-refractivity contribution in [2.24, 2.45) is 7.05 Å². The Morgan fingerprint density at radius 3 is 2.69 bits per heavy atom. The molecule has 3 heterocycles. The normalized spacial score (nSPS) is 20.9. The van der Waals surface area contributed by atoms with Crippen LogP contribution in [0.1, 0.15) is 19.3 Å². The number of nitrogens with zero attached hydrogens (tertiary/aromatic N) is 5. The Balaban J connectivity index is 1.64. The van der Waals surface area contributed by atoms with E-state index in [1.165, 1.54) is 33.1 Å². The first kappa shape index (κ1) is 21.1. The summed E-state index contributed by atoms with van der Waals surface area (Å²) in [4.78, 5) is 48.0. The Labute approximate surface area is 173 Å². The van der Waals surface area contributed by atoms with Gasteiger partial charge < -0.3 is 15.5 Å². The number of fused-ring (bicyclic) bond motifs is 1. The van der Waals surface area contributed by atoms with Crippen molar-refractivity contribution in [3.63, 3.8) is 0 Å². The van der Waals surface area contributed by atoms with Gasteiger partial charge in [-0.15, -0.1) is 16.9 Å². The molecule has 1 saturated heterocycles. The number of amides is 2. The zero-order valence-electron chi connectivity index (χ0n) is 15.3. The van der Waals surface area contributed by atoms with E-state index in [2.05, 4.69) is 20.8 Å². The first-order valence-corrected chi connectivity index (χ1v) is 10.6. The molecule has 0 bridgehead atoms. The number of carboxylic acids is 2. The molecule has 2 amide bonds. The molecule has 0 aliphatic carbocycles. The quantitative estimate of drug-likeness (QED) is 0.326. The Hall–Kier alpha value is -2.61. The second-order valence-electron chi connectivity index (χ2n) is 6.33. The molecule has 3 rings (SSSR count). The molecular weight excluding hydrogens is 424 g/mol. The zero-order valence-corrected chi connectivity index (χ0v) is 16.9. The average molecular weight is 442 g/mol. The number of hydrogen-bond donors (Lipinski definition) is 3. The highest BCUT2D eigenvalue weighted by molar-refractivity contribution is 8.01. The maximum atomic E-state index is 12.5. The topological polar surface area (TPSA) is 168 Å². The molecule has 156 valence electrons. The maximum Gasteiger partial charge on any atom is 0.352 e. The van der Waals surface area contributed by atoms with Gasteiger partial charge in [-0.3, -0.25) is 19.3 Å². The third-order valence-electron chi connectivity index (χ3n) is 4.32. The van der Waals surface area contributed by atoms with Crippen molar-refractivity contribution < 1.29 is 29.4 Å². The maximum absolute atomic E-state index is 12.5. The van der Waals surface area contributed by atoms with Gasteiger partial charge in [0.05, 0.1) is 0 Å². The Kier molecular flexibility index (Phi) is 6.42. The first-order valence-electron chi connectivity index (χ1n) is 8.56. The number of aryl methyl sites for hydroxylation is 1. The van der Waals surface area contributed by atoms with Crippen LogP contribution in [0.3, 0.4) is 0 Å². The van der Waals surface area contributed by atoms with Crippen molar-refractivity contribution in [3.8, 4) is 0 Å². The highest BCUT2D eigenvalue weighted by Gasteiger charge is 2.54. The van der Waals surface area contributed by atoms with E-state index in [1.54, 1.807) is 7.05 Å². The van der Waals surface area contributed by atoms with Crippen LogP contribution in [0.5, 0.6) is 0 Å². The van der Waals surface area contributed by atoms with Crippen LogP contribution in [0.2, 0.25) is 0 Å². The summed E-state index contributed by atoms with van der Waals surface area (Å²) in [5, 5.41) is 31.9. The number of carboxylic acid groups (broad SMARTS) is 2. The van der Waals surface area contributed by atoms with Crippen LogP contribution in [0.15, 0.2) is 16.4 Å². The van der Waals surface area contributed by atoms with Gasteiger partial charge in [-0.05, 0) is 22.4 Å². The molecule has 2 unspecified atom stereocenters. The van der Waals surface area contributed by atoms with E-state index >= 15 is 0 Å². The molecule has 1 fully saturated rings. The SMILES string of the molecule is Cn1nnnc1SCC1=C(C(=O)O)N2C(=O)C(NC(=O)CCCC(=O)O)C2SC1. The highest BCUT2D eigenvalue weighted by Crippen LogP contribution is 2.41. The van der Waals surface area contributed by atoms with Crippen LogP contribution in [0, 0.1) is 0 Å². The fraction of sp³-hybridized carbons (Fsp3) is 0.533. The predicted octanol–water partition coefficient (Wildman–Crippen LogP) is -0.704. The summed E-state index contributed by atoms with van der Waals surface area (Å²) in [6.07, 6.45) is 0.0230. The van der Waals surface area contributed by atoms with E-state index in [9.17, 15) is 24.3 Å². The summed E-state index contributed by atoms with van der Waals surface area (Å²) in [5.41, 5.74) is 0.504. The van der Waals surface area contributed by atoms with E-state index in [0.29, 0.717) is 22.2 Å². The number of aliphatic carboxylic acids is 2. The third-order valence-corrected chi connectivity index (χ3v) is 6.75. The fourth-order valence-electron chi connectivity index (χ4n) is 2.94. The minimum Gasteiger partial charge on any atom is -0.481 e. The smallest absolute Gasteiger partial charge is 0.352 e. The van der Waals surface area contributed by atoms with Crippen LogP contribution >= 0.6 is 23.5 Å². The van der Waals surface area contributed by atoms with Crippen LogP contribution in [-0.4, -0.2) is 82.0 Å². The minimum absolute atomic E-state index is 0.0112. The molecule has 2 aliphatic rings. The first-order chi connectivity index (χ1) is 13.8. The summed E-state index contributed by atoms with van der Waals surface area (Å²) >= 11 is 2.64. The van der Waals surface area contributed by atoms with E-state index in [-0.39, 0.29) is 25.0 Å². The number of carbonyl (C=O) groups excluding carboxylic acids is 2. The van der Waals surface area contributed by atoms with Gasteiger partial charge in [0.2, 0.25) is 11.1 Å². The minimum atomic E-state index is -1.21. The lowest BCUT2D eigenvalue weighted by Gasteiger charge is -2.49. The highest BCUT2D eigenvalue weighted by atomic mass is 32.2. The predicted molar refractivity (Wildman–Crippen MR) is 101 cm³/mol. The van der Waals surface area contributed by atoms with Crippen molar-refractivity contribution in [1.82, 2.24) is 30.4 Å². The lowest BCUT2D eigenvalue weighted by Crippen LogP contribution is -2.70. The van der Waals surface area contributed by atoms with Gasteiger partial charge >= 0.3 is 11.9 Å². The number of β-lactam (4-membered cyclic amide) rings is 1. The van der Waals surface area contributed by atoms with Crippen molar-refractivity contribution >= 4 is 47.3 Å². The second-order valence-corrected chi connectivity index (χ2v) is 8.38. The van der Waals surface area contributed by atoms with E-state index in [0.717, 1.165) is 0 Å². The fourth-order valence-corrected chi connectivity index (χ4v) is 5.27. The summed E-state index contributed by atoms with van der Waals surface area (Å²) < 4.78 is 1.47. The Morgan fingerprint density at radius 2 is 2.07 bits per heavy atom. The number of rotatable bonds is 9. The summed E-state index contributed by atoms with van der Waals surface area (Å²) in [6.45, 7) is 0. The van der Waals surface area contributed by atoms with Crippen molar-refractivity contribution in [1.29, 1.82) is 0 Å². The molecule has 12 nitrogen and oxygen atoms in total. The molecule has 1 aromatic rings. The number of tetrazole rings is 1. The van der Waals surface area contributed by atoms with Crippen molar-refractivity contribution in [3.05, 3.63) is 11.3 Å². The Bertz CT molecular complexity index is 886. The molecule has 2 aliphatic heterocycles. The molecule has 0 spiro atoms. The average Bonchev–Trinajstić information content (AvgIpc) is 3.08. The van der Waals surface area contributed by atoms with Gasteiger partial charge in [-0.25, -0.2) is 9.48 Å². The molecule has 0 saturated carbocycles. The number of aromatic nitrogens is 4. The standard InChI is InChI=1S/C15H18N6O6S2/c1-20-15(17-18-19-20)29-6-7-5-28-13-10(12(25)21(13)11(7)14(26)27)16-8(22)3-2-4-9(23)24/h10,13H,2-6H2,1H3,(H,16,22)(H,23,24)(H,26,27). The zero-order chi connectivity index (χ0) is 21.1. The van der Waals surface area contributed by atoms with Gasteiger partial charge in [-0.2, -0.15) is 0 Å². The number of hydrogen-bond acceptors (Lipinski definition) is 9. The van der Waals surface area contributed by atoms with Crippen LogP contribution in [0.4, 0.5) is 0 Å². The van der Waals surface area contributed by atoms with Crippen LogP contribution < -0.4 is 5.32 Å². The van der Waals surface area contributed by atoms with Gasteiger partial charge in [0, 0.05) is 31.4 Å². The molecule has 3 N–H and O–H groups in total. The van der Waals surface area contributed by atoms with Gasteiger partial charge in [0.15, 0.2) is 0 Å². The molecule has 2 atom stereocenters. The van der Waals surface area contributed by atoms with Crippen LogP contribution in [0.25, 0.3) is 0 Å².